The van der Waals surface area contributed by atoms with Gasteiger partial charge in [0, 0.05) is 6.04 Å². The summed E-state index contributed by atoms with van der Waals surface area (Å²) in [5.41, 5.74) is 0.862. The van der Waals surface area contributed by atoms with Gasteiger partial charge in [-0.25, -0.2) is 0 Å². The van der Waals surface area contributed by atoms with Crippen molar-refractivity contribution >= 4 is 40.5 Å². The van der Waals surface area contributed by atoms with Crippen molar-refractivity contribution in [3.63, 3.8) is 0 Å². The largest absolute Gasteiger partial charge is 0.381 e. The summed E-state index contributed by atoms with van der Waals surface area (Å²) in [4.78, 5) is 0. The summed E-state index contributed by atoms with van der Waals surface area (Å²) in [6.07, 6.45) is 3.37. The molecule has 2 unspecified atom stereocenters. The Kier molecular flexibility index (Phi) is 6.62. The van der Waals surface area contributed by atoms with E-state index >= 15 is 0 Å². The first-order valence-corrected chi connectivity index (χ1v) is 7.52. The Morgan fingerprint density at radius 1 is 1.00 bits per heavy atom. The van der Waals surface area contributed by atoms with Crippen LogP contribution < -0.4 is 5.32 Å². The van der Waals surface area contributed by atoms with Crippen LogP contribution in [0.25, 0.3) is 0 Å². The monoisotopic (exact) mass is 307 g/mol. The highest BCUT2D eigenvalue weighted by atomic mass is 35.5. The number of hydrogen-bond acceptors (Lipinski definition) is 1. The van der Waals surface area contributed by atoms with Gasteiger partial charge in [-0.15, -0.1) is 0 Å². The highest BCUT2D eigenvalue weighted by Gasteiger charge is 2.13. The topological polar surface area (TPSA) is 12.0 Å². The lowest BCUT2D eigenvalue weighted by molar-refractivity contribution is 0.462. The van der Waals surface area contributed by atoms with Crippen molar-refractivity contribution in [3.05, 3.63) is 27.2 Å². The van der Waals surface area contributed by atoms with E-state index in [4.69, 9.17) is 34.8 Å². The number of nitrogens with one attached hydrogen (secondary N) is 1. The molecular weight excluding hydrogens is 289 g/mol. The van der Waals surface area contributed by atoms with E-state index < -0.39 is 0 Å². The minimum absolute atomic E-state index is 0.412. The molecule has 4 heteroatoms. The lowest BCUT2D eigenvalue weighted by atomic mass is 9.97. The van der Waals surface area contributed by atoms with Gasteiger partial charge in [-0.05, 0) is 30.9 Å². The zero-order valence-electron chi connectivity index (χ0n) is 11.1. The average molecular weight is 309 g/mol. The molecule has 0 bridgehead atoms. The average Bonchev–Trinajstić information content (AvgIpc) is 2.34. The van der Waals surface area contributed by atoms with Crippen LogP contribution in [0.4, 0.5) is 5.69 Å². The molecular formula is C14H20Cl3N. The number of rotatable bonds is 6. The van der Waals surface area contributed by atoms with Crippen molar-refractivity contribution < 1.29 is 0 Å². The molecule has 0 amide bonds. The smallest absolute Gasteiger partial charge is 0.0653 e. The highest BCUT2D eigenvalue weighted by molar-refractivity contribution is 6.44. The van der Waals surface area contributed by atoms with Crippen LogP contribution in [0, 0.1) is 5.92 Å². The molecule has 0 aromatic heterocycles. The van der Waals surface area contributed by atoms with Crippen LogP contribution in [0.3, 0.4) is 0 Å². The van der Waals surface area contributed by atoms with Gasteiger partial charge >= 0.3 is 0 Å². The van der Waals surface area contributed by atoms with Gasteiger partial charge < -0.3 is 5.32 Å². The van der Waals surface area contributed by atoms with E-state index in [1.807, 2.05) is 0 Å². The van der Waals surface area contributed by atoms with Crippen LogP contribution in [0.2, 0.25) is 15.1 Å². The first kappa shape index (κ1) is 15.9. The SMILES string of the molecule is CCC(C)CC(CC)Nc1cc(Cl)c(Cl)cc1Cl. The molecule has 0 saturated heterocycles. The predicted molar refractivity (Wildman–Crippen MR) is 83.2 cm³/mol. The minimum atomic E-state index is 0.412. The van der Waals surface area contributed by atoms with Gasteiger partial charge in [0.1, 0.15) is 0 Å². The van der Waals surface area contributed by atoms with Crippen LogP contribution in [0.5, 0.6) is 0 Å². The fourth-order valence-corrected chi connectivity index (χ4v) is 2.43. The Morgan fingerprint density at radius 2 is 1.61 bits per heavy atom. The molecule has 0 spiro atoms. The van der Waals surface area contributed by atoms with Gasteiger partial charge in [0.05, 0.1) is 20.8 Å². The summed E-state index contributed by atoms with van der Waals surface area (Å²) in [6.45, 7) is 6.65. The molecule has 1 rings (SSSR count). The summed E-state index contributed by atoms with van der Waals surface area (Å²) >= 11 is 18.1. The summed E-state index contributed by atoms with van der Waals surface area (Å²) in [6, 6.07) is 3.89. The summed E-state index contributed by atoms with van der Waals surface area (Å²) < 4.78 is 0. The Labute approximate surface area is 125 Å². The molecule has 0 heterocycles. The van der Waals surface area contributed by atoms with Crippen molar-refractivity contribution in [2.24, 2.45) is 5.92 Å². The van der Waals surface area contributed by atoms with Gasteiger partial charge in [-0.3, -0.25) is 0 Å². The maximum atomic E-state index is 6.17. The van der Waals surface area contributed by atoms with Gasteiger partial charge in [0.2, 0.25) is 0 Å². The number of halogens is 3. The second-order valence-electron chi connectivity index (χ2n) is 4.74. The van der Waals surface area contributed by atoms with E-state index in [2.05, 4.69) is 26.1 Å². The van der Waals surface area contributed by atoms with Gasteiger partial charge in [-0.1, -0.05) is 62.0 Å². The van der Waals surface area contributed by atoms with Crippen LogP contribution in [-0.2, 0) is 0 Å². The maximum Gasteiger partial charge on any atom is 0.0653 e. The van der Waals surface area contributed by atoms with E-state index in [-0.39, 0.29) is 0 Å². The predicted octanol–water partition coefficient (Wildman–Crippen LogP) is 6.27. The Balaban J connectivity index is 2.78. The fourth-order valence-electron chi connectivity index (χ4n) is 1.83. The van der Waals surface area contributed by atoms with E-state index in [0.717, 1.165) is 18.5 Å². The van der Waals surface area contributed by atoms with Crippen LogP contribution in [0.1, 0.15) is 40.0 Å². The Bertz CT molecular complexity index is 393. The van der Waals surface area contributed by atoms with Crippen molar-refractivity contribution in [1.82, 2.24) is 0 Å². The third-order valence-electron chi connectivity index (χ3n) is 3.25. The highest BCUT2D eigenvalue weighted by Crippen LogP contribution is 2.33. The molecule has 0 saturated carbocycles. The molecule has 1 N–H and O–H groups in total. The third kappa shape index (κ3) is 4.53. The molecule has 0 fully saturated rings. The standard InChI is InChI=1S/C14H20Cl3N/c1-4-9(3)6-10(5-2)18-14-8-12(16)11(15)7-13(14)17/h7-10,18H,4-6H2,1-3H3. The van der Waals surface area contributed by atoms with Crippen molar-refractivity contribution in [3.8, 4) is 0 Å². The zero-order valence-corrected chi connectivity index (χ0v) is 13.3. The van der Waals surface area contributed by atoms with Crippen molar-refractivity contribution in [2.45, 2.75) is 46.1 Å². The van der Waals surface area contributed by atoms with Gasteiger partial charge in [-0.2, -0.15) is 0 Å². The molecule has 0 aliphatic carbocycles. The number of anilines is 1. The third-order valence-corrected chi connectivity index (χ3v) is 4.28. The Morgan fingerprint density at radius 3 is 2.17 bits per heavy atom. The second kappa shape index (κ2) is 7.47. The molecule has 0 aliphatic heterocycles. The van der Waals surface area contributed by atoms with Gasteiger partial charge in [0.25, 0.3) is 0 Å². The quantitative estimate of drug-likeness (QED) is 0.610. The molecule has 102 valence electrons. The van der Waals surface area contributed by atoms with Crippen molar-refractivity contribution in [1.29, 1.82) is 0 Å². The minimum Gasteiger partial charge on any atom is -0.381 e. The fraction of sp³-hybridized carbons (Fsp3) is 0.571. The molecule has 0 radical (unpaired) electrons. The normalized spacial score (nSPS) is 14.3. The first-order chi connectivity index (χ1) is 8.47. The van der Waals surface area contributed by atoms with Crippen molar-refractivity contribution in [2.75, 3.05) is 5.32 Å². The van der Waals surface area contributed by atoms with Crippen LogP contribution >= 0.6 is 34.8 Å². The lowest BCUT2D eigenvalue weighted by Crippen LogP contribution is -2.21. The summed E-state index contributed by atoms with van der Waals surface area (Å²) in [5, 5.41) is 5.09. The Hall–Kier alpha value is -0.110. The molecule has 1 nitrogen and oxygen atoms in total. The molecule has 0 aliphatic rings. The van der Waals surface area contributed by atoms with E-state index in [9.17, 15) is 0 Å². The summed E-state index contributed by atoms with van der Waals surface area (Å²) in [5.74, 6) is 0.698. The number of hydrogen-bond donors (Lipinski definition) is 1. The first-order valence-electron chi connectivity index (χ1n) is 6.38. The van der Waals surface area contributed by atoms with E-state index in [0.29, 0.717) is 27.0 Å². The van der Waals surface area contributed by atoms with E-state index in [1.165, 1.54) is 6.42 Å². The van der Waals surface area contributed by atoms with Crippen LogP contribution in [-0.4, -0.2) is 6.04 Å². The van der Waals surface area contributed by atoms with Crippen LogP contribution in [0.15, 0.2) is 12.1 Å². The van der Waals surface area contributed by atoms with E-state index in [1.54, 1.807) is 12.1 Å². The molecule has 2 atom stereocenters. The molecule has 1 aromatic carbocycles. The second-order valence-corrected chi connectivity index (χ2v) is 5.97. The maximum absolute atomic E-state index is 6.17. The van der Waals surface area contributed by atoms with Gasteiger partial charge in [0.15, 0.2) is 0 Å². The molecule has 18 heavy (non-hydrogen) atoms. The zero-order chi connectivity index (χ0) is 13.7. The summed E-state index contributed by atoms with van der Waals surface area (Å²) in [7, 11) is 0. The molecule has 1 aromatic rings. The number of benzene rings is 1. The lowest BCUT2D eigenvalue weighted by Gasteiger charge is -2.22.